The quantitative estimate of drug-likeness (QED) is 0.501. The highest BCUT2D eigenvalue weighted by atomic mass is 19.4. The lowest BCUT2D eigenvalue weighted by Crippen LogP contribution is -2.21. The molecule has 0 saturated heterocycles. The number of aromatic amines is 2. The molecule has 2 aromatic heterocycles. The number of halogens is 3. The zero-order valence-electron chi connectivity index (χ0n) is 12.9. The maximum atomic E-state index is 10.6. The molecule has 0 atom stereocenters. The Kier molecular flexibility index (Phi) is 4.48. The SMILES string of the molecule is O=C(O)C(F)(F)F.c1ccc2[nH]c(Oc3nc4ccccc4[nH]3)nc2c1. The summed E-state index contributed by atoms with van der Waals surface area (Å²) in [5.74, 6) is -2.76. The van der Waals surface area contributed by atoms with Gasteiger partial charge in [-0.15, -0.1) is 0 Å². The predicted molar refractivity (Wildman–Crippen MR) is 86.0 cm³/mol. The van der Waals surface area contributed by atoms with Crippen molar-refractivity contribution in [3.05, 3.63) is 48.5 Å². The summed E-state index contributed by atoms with van der Waals surface area (Å²) in [6, 6.07) is 16.4. The molecule has 0 aliphatic rings. The van der Waals surface area contributed by atoms with Crippen molar-refractivity contribution in [2.24, 2.45) is 0 Å². The van der Waals surface area contributed by atoms with Crippen molar-refractivity contribution >= 4 is 28.0 Å². The summed E-state index contributed by atoms with van der Waals surface area (Å²) in [6.07, 6.45) is -5.08. The first-order valence-corrected chi connectivity index (χ1v) is 7.20. The van der Waals surface area contributed by atoms with Gasteiger partial charge >= 0.3 is 24.2 Å². The Morgan fingerprint density at radius 1 is 0.885 bits per heavy atom. The maximum absolute atomic E-state index is 10.6. The number of aromatic nitrogens is 4. The Morgan fingerprint density at radius 3 is 1.62 bits per heavy atom. The number of nitrogens with zero attached hydrogens (tertiary/aromatic N) is 2. The lowest BCUT2D eigenvalue weighted by Gasteiger charge is -1.94. The Balaban J connectivity index is 0.000000242. The molecule has 0 aliphatic heterocycles. The number of carboxylic acid groups (broad SMARTS) is 1. The van der Waals surface area contributed by atoms with E-state index in [9.17, 15) is 13.2 Å². The van der Waals surface area contributed by atoms with E-state index in [4.69, 9.17) is 14.6 Å². The first-order valence-electron chi connectivity index (χ1n) is 7.20. The number of benzene rings is 2. The van der Waals surface area contributed by atoms with Gasteiger partial charge in [-0.1, -0.05) is 24.3 Å². The van der Waals surface area contributed by atoms with Crippen molar-refractivity contribution in [3.63, 3.8) is 0 Å². The van der Waals surface area contributed by atoms with Crippen LogP contribution in [0.1, 0.15) is 0 Å². The fourth-order valence-electron chi connectivity index (χ4n) is 2.05. The summed E-state index contributed by atoms with van der Waals surface area (Å²) in [7, 11) is 0. The van der Waals surface area contributed by atoms with Gasteiger partial charge in [-0.2, -0.15) is 23.1 Å². The van der Waals surface area contributed by atoms with Crippen LogP contribution in [0.2, 0.25) is 0 Å². The van der Waals surface area contributed by atoms with Crippen LogP contribution in [0.15, 0.2) is 48.5 Å². The summed E-state index contributed by atoms with van der Waals surface area (Å²) in [5, 5.41) is 7.12. The molecule has 0 radical (unpaired) electrons. The van der Waals surface area contributed by atoms with Crippen molar-refractivity contribution in [2.45, 2.75) is 6.18 Å². The second kappa shape index (κ2) is 6.75. The van der Waals surface area contributed by atoms with Crippen molar-refractivity contribution in [1.29, 1.82) is 0 Å². The number of H-pyrrole nitrogens is 2. The fourth-order valence-corrected chi connectivity index (χ4v) is 2.05. The molecule has 4 aromatic rings. The molecule has 3 N–H and O–H groups in total. The molecule has 0 fully saturated rings. The molecule has 0 amide bonds. The number of aliphatic carboxylic acids is 1. The minimum absolute atomic E-state index is 0.431. The van der Waals surface area contributed by atoms with Gasteiger partial charge in [0.25, 0.3) is 0 Å². The highest BCUT2D eigenvalue weighted by Gasteiger charge is 2.38. The van der Waals surface area contributed by atoms with Gasteiger partial charge in [-0.3, -0.25) is 0 Å². The average Bonchev–Trinajstić information content (AvgIpc) is 3.16. The molecule has 10 heteroatoms. The van der Waals surface area contributed by atoms with Crippen LogP contribution in [-0.4, -0.2) is 37.2 Å². The zero-order chi connectivity index (χ0) is 18.7. The normalized spacial score (nSPS) is 11.2. The van der Waals surface area contributed by atoms with Gasteiger partial charge in [0.2, 0.25) is 0 Å². The number of carbonyl (C=O) groups is 1. The summed E-state index contributed by atoms with van der Waals surface area (Å²) in [4.78, 5) is 23.8. The van der Waals surface area contributed by atoms with E-state index >= 15 is 0 Å². The molecule has 2 aromatic carbocycles. The standard InChI is InChI=1S/C14H10N4O.C2HF3O2/c1-2-6-10-9(5-1)15-13(16-10)19-14-17-11-7-3-4-8-12(11)18-14;3-2(4,5)1(6)7/h1-8H,(H,15,16)(H,17,18);(H,6,7). The van der Waals surface area contributed by atoms with Crippen LogP contribution in [0, 0.1) is 0 Å². The Bertz CT molecular complexity index is 917. The lowest BCUT2D eigenvalue weighted by molar-refractivity contribution is -0.192. The van der Waals surface area contributed by atoms with Crippen molar-refractivity contribution in [3.8, 4) is 12.0 Å². The summed E-state index contributed by atoms with van der Waals surface area (Å²) >= 11 is 0. The molecule has 4 rings (SSSR count). The zero-order valence-corrected chi connectivity index (χ0v) is 12.9. The molecule has 0 unspecified atom stereocenters. The van der Waals surface area contributed by atoms with Gasteiger partial charge in [0.05, 0.1) is 22.1 Å². The minimum Gasteiger partial charge on any atom is -0.475 e. The van der Waals surface area contributed by atoms with E-state index in [1.54, 1.807) is 0 Å². The number of carboxylic acids is 1. The number of nitrogens with one attached hydrogen (secondary N) is 2. The van der Waals surface area contributed by atoms with E-state index in [1.165, 1.54) is 0 Å². The monoisotopic (exact) mass is 364 g/mol. The molecule has 7 nitrogen and oxygen atoms in total. The second-order valence-electron chi connectivity index (χ2n) is 5.02. The number of hydrogen-bond acceptors (Lipinski definition) is 4. The van der Waals surface area contributed by atoms with Crippen LogP contribution in [0.25, 0.3) is 22.1 Å². The van der Waals surface area contributed by atoms with Crippen LogP contribution in [0.5, 0.6) is 12.0 Å². The van der Waals surface area contributed by atoms with E-state index in [0.717, 1.165) is 22.1 Å². The maximum Gasteiger partial charge on any atom is 0.490 e. The third-order valence-electron chi connectivity index (χ3n) is 3.17. The Morgan fingerprint density at radius 2 is 1.27 bits per heavy atom. The van der Waals surface area contributed by atoms with Crippen LogP contribution in [0.3, 0.4) is 0 Å². The van der Waals surface area contributed by atoms with Crippen molar-refractivity contribution in [1.82, 2.24) is 19.9 Å². The summed E-state index contributed by atoms with van der Waals surface area (Å²) < 4.78 is 37.4. The second-order valence-corrected chi connectivity index (χ2v) is 5.02. The van der Waals surface area contributed by atoms with Gasteiger partial charge in [0.15, 0.2) is 0 Å². The Hall–Kier alpha value is -3.56. The largest absolute Gasteiger partial charge is 0.490 e. The number of imidazole rings is 2. The third-order valence-corrected chi connectivity index (χ3v) is 3.17. The van der Waals surface area contributed by atoms with Gasteiger partial charge in [0.1, 0.15) is 0 Å². The van der Waals surface area contributed by atoms with Crippen LogP contribution in [-0.2, 0) is 4.79 Å². The molecule has 0 spiro atoms. The molecule has 26 heavy (non-hydrogen) atoms. The Labute approximate surface area is 143 Å². The summed E-state index contributed by atoms with van der Waals surface area (Å²) in [6.45, 7) is 0. The fraction of sp³-hybridized carbons (Fsp3) is 0.0625. The third kappa shape index (κ3) is 3.91. The highest BCUT2D eigenvalue weighted by molar-refractivity contribution is 5.76. The van der Waals surface area contributed by atoms with Crippen molar-refractivity contribution < 1.29 is 27.8 Å². The van der Waals surface area contributed by atoms with Crippen LogP contribution in [0.4, 0.5) is 13.2 Å². The molecular formula is C16H11F3N4O3. The van der Waals surface area contributed by atoms with E-state index in [-0.39, 0.29) is 0 Å². The first kappa shape index (κ1) is 17.3. The van der Waals surface area contributed by atoms with Gasteiger partial charge in [-0.25, -0.2) is 4.79 Å². The molecule has 0 aliphatic carbocycles. The predicted octanol–water partition coefficient (Wildman–Crippen LogP) is 3.86. The van der Waals surface area contributed by atoms with Crippen molar-refractivity contribution in [2.75, 3.05) is 0 Å². The smallest absolute Gasteiger partial charge is 0.475 e. The topological polar surface area (TPSA) is 104 Å². The van der Waals surface area contributed by atoms with E-state index in [1.807, 2.05) is 48.5 Å². The summed E-state index contributed by atoms with van der Waals surface area (Å²) in [5.41, 5.74) is 3.62. The number of hydrogen-bond donors (Lipinski definition) is 3. The van der Waals surface area contributed by atoms with Crippen LogP contribution < -0.4 is 4.74 Å². The number of para-hydroxylation sites is 4. The van der Waals surface area contributed by atoms with Crippen LogP contribution >= 0.6 is 0 Å². The van der Waals surface area contributed by atoms with E-state index in [0.29, 0.717) is 12.0 Å². The van der Waals surface area contributed by atoms with Gasteiger partial charge in [0, 0.05) is 0 Å². The minimum atomic E-state index is -5.08. The average molecular weight is 364 g/mol. The molecular weight excluding hydrogens is 353 g/mol. The van der Waals surface area contributed by atoms with Gasteiger partial charge in [-0.05, 0) is 24.3 Å². The van der Waals surface area contributed by atoms with E-state index in [2.05, 4.69) is 19.9 Å². The number of fused-ring (bicyclic) bond motifs is 2. The number of alkyl halides is 3. The molecule has 134 valence electrons. The molecule has 0 saturated carbocycles. The van der Waals surface area contributed by atoms with Gasteiger partial charge < -0.3 is 19.8 Å². The lowest BCUT2D eigenvalue weighted by atomic mass is 10.3. The first-order chi connectivity index (χ1) is 12.3. The highest BCUT2D eigenvalue weighted by Crippen LogP contribution is 2.22. The number of ether oxygens (including phenoxy) is 1. The molecule has 0 bridgehead atoms. The van der Waals surface area contributed by atoms with E-state index < -0.39 is 12.1 Å². The molecule has 2 heterocycles. The number of rotatable bonds is 2.